The molecular formula is C10H7BrClFO3. The smallest absolute Gasteiger partial charge is 0.379 e. The monoisotopic (exact) mass is 308 g/mol. The van der Waals surface area contributed by atoms with Gasteiger partial charge in [0.05, 0.1) is 11.6 Å². The molecule has 0 atom stereocenters. The molecule has 0 saturated heterocycles. The van der Waals surface area contributed by atoms with Gasteiger partial charge in [-0.2, -0.15) is 0 Å². The summed E-state index contributed by atoms with van der Waals surface area (Å²) in [5.74, 6) is -2.70. The molecular weight excluding hydrogens is 302 g/mol. The van der Waals surface area contributed by atoms with Crippen LogP contribution in [0, 0.1) is 5.82 Å². The Kier molecular flexibility index (Phi) is 4.44. The van der Waals surface area contributed by atoms with Gasteiger partial charge in [0.15, 0.2) is 0 Å². The van der Waals surface area contributed by atoms with Crippen LogP contribution in [0.2, 0.25) is 5.02 Å². The fourth-order valence-electron chi connectivity index (χ4n) is 1.00. The van der Waals surface area contributed by atoms with E-state index in [1.165, 1.54) is 6.07 Å². The van der Waals surface area contributed by atoms with Gasteiger partial charge >= 0.3 is 5.97 Å². The van der Waals surface area contributed by atoms with E-state index < -0.39 is 17.6 Å². The molecule has 0 aliphatic rings. The Bertz CT molecular complexity index is 448. The normalized spacial score (nSPS) is 10.0. The number of ketones is 1. The van der Waals surface area contributed by atoms with E-state index in [-0.39, 0.29) is 21.7 Å². The molecule has 0 heterocycles. The van der Waals surface area contributed by atoms with E-state index >= 15 is 0 Å². The second-order valence-electron chi connectivity index (χ2n) is 2.80. The van der Waals surface area contributed by atoms with E-state index in [4.69, 9.17) is 11.6 Å². The maximum Gasteiger partial charge on any atom is 0.379 e. The van der Waals surface area contributed by atoms with Crippen molar-refractivity contribution in [3.05, 3.63) is 33.0 Å². The lowest BCUT2D eigenvalue weighted by molar-refractivity contribution is -0.137. The second-order valence-corrected chi connectivity index (χ2v) is 4.06. The van der Waals surface area contributed by atoms with Gasteiger partial charge in [0.25, 0.3) is 5.78 Å². The highest BCUT2D eigenvalue weighted by molar-refractivity contribution is 9.10. The molecule has 86 valence electrons. The SMILES string of the molecule is CCOC(=O)C(=O)c1cc(F)c(Cl)cc1Br. The summed E-state index contributed by atoms with van der Waals surface area (Å²) in [5.41, 5.74) is -0.111. The van der Waals surface area contributed by atoms with E-state index in [2.05, 4.69) is 20.7 Å². The molecule has 0 aliphatic heterocycles. The number of hydrogen-bond acceptors (Lipinski definition) is 3. The minimum atomic E-state index is -1.02. The number of carbonyl (C=O) groups excluding carboxylic acids is 2. The van der Waals surface area contributed by atoms with Crippen molar-refractivity contribution in [1.29, 1.82) is 0 Å². The summed E-state index contributed by atoms with van der Waals surface area (Å²) >= 11 is 8.52. The molecule has 0 aromatic heterocycles. The summed E-state index contributed by atoms with van der Waals surface area (Å²) in [4.78, 5) is 22.6. The third kappa shape index (κ3) is 2.80. The number of rotatable bonds is 3. The maximum atomic E-state index is 13.1. The minimum Gasteiger partial charge on any atom is -0.460 e. The molecule has 0 spiro atoms. The molecule has 6 heteroatoms. The topological polar surface area (TPSA) is 43.4 Å². The highest BCUT2D eigenvalue weighted by Gasteiger charge is 2.21. The molecule has 3 nitrogen and oxygen atoms in total. The van der Waals surface area contributed by atoms with E-state index in [1.54, 1.807) is 6.92 Å². The third-order valence-corrected chi connectivity index (χ3v) is 2.66. The van der Waals surface area contributed by atoms with Gasteiger partial charge in [0, 0.05) is 10.0 Å². The van der Waals surface area contributed by atoms with Crippen molar-refractivity contribution in [2.75, 3.05) is 6.61 Å². The Morgan fingerprint density at radius 2 is 2.12 bits per heavy atom. The molecule has 0 aliphatic carbocycles. The first kappa shape index (κ1) is 13.1. The lowest BCUT2D eigenvalue weighted by atomic mass is 10.1. The maximum absolute atomic E-state index is 13.1. The molecule has 0 bridgehead atoms. The van der Waals surface area contributed by atoms with Crippen molar-refractivity contribution in [3.63, 3.8) is 0 Å². The Labute approximate surface area is 105 Å². The summed E-state index contributed by atoms with van der Waals surface area (Å²) < 4.78 is 17.9. The first-order chi connectivity index (χ1) is 7.47. The van der Waals surface area contributed by atoms with Crippen molar-refractivity contribution in [3.8, 4) is 0 Å². The molecule has 1 rings (SSSR count). The van der Waals surface area contributed by atoms with Crippen molar-refractivity contribution in [2.45, 2.75) is 6.92 Å². The van der Waals surface area contributed by atoms with Crippen molar-refractivity contribution < 1.29 is 18.7 Å². The Hall–Kier alpha value is -0.940. The lowest BCUT2D eigenvalue weighted by Gasteiger charge is -2.04. The number of benzene rings is 1. The summed E-state index contributed by atoms with van der Waals surface area (Å²) in [5, 5.41) is -0.132. The van der Waals surface area contributed by atoms with Crippen molar-refractivity contribution in [2.24, 2.45) is 0 Å². The predicted octanol–water partition coefficient (Wildman–Crippen LogP) is 2.99. The molecule has 16 heavy (non-hydrogen) atoms. The van der Waals surface area contributed by atoms with Crippen LogP contribution >= 0.6 is 27.5 Å². The van der Waals surface area contributed by atoms with Crippen molar-refractivity contribution in [1.82, 2.24) is 0 Å². The number of esters is 1. The van der Waals surface area contributed by atoms with E-state index in [1.807, 2.05) is 0 Å². The quantitative estimate of drug-likeness (QED) is 0.373. The summed E-state index contributed by atoms with van der Waals surface area (Å²) in [6.45, 7) is 1.65. The largest absolute Gasteiger partial charge is 0.460 e. The van der Waals surface area contributed by atoms with Crippen LogP contribution in [0.1, 0.15) is 17.3 Å². The summed E-state index contributed by atoms with van der Waals surface area (Å²) in [7, 11) is 0. The first-order valence-electron chi connectivity index (χ1n) is 4.33. The van der Waals surface area contributed by atoms with Crippen LogP contribution in [0.25, 0.3) is 0 Å². The van der Waals surface area contributed by atoms with Crippen LogP contribution in [0.4, 0.5) is 4.39 Å². The van der Waals surface area contributed by atoms with Crippen LogP contribution in [0.5, 0.6) is 0 Å². The van der Waals surface area contributed by atoms with Gasteiger partial charge < -0.3 is 4.74 Å². The zero-order valence-electron chi connectivity index (χ0n) is 8.22. The Balaban J connectivity index is 3.09. The van der Waals surface area contributed by atoms with Crippen molar-refractivity contribution >= 4 is 39.3 Å². The minimum absolute atomic E-state index is 0.0816. The molecule has 1 aromatic rings. The Morgan fingerprint density at radius 1 is 1.50 bits per heavy atom. The van der Waals surface area contributed by atoms with Crippen LogP contribution < -0.4 is 0 Å². The average molecular weight is 310 g/mol. The average Bonchev–Trinajstić information content (AvgIpc) is 2.23. The van der Waals surface area contributed by atoms with Gasteiger partial charge in [-0.1, -0.05) is 11.6 Å². The highest BCUT2D eigenvalue weighted by Crippen LogP contribution is 2.25. The van der Waals surface area contributed by atoms with Gasteiger partial charge in [0.1, 0.15) is 5.82 Å². The fraction of sp³-hybridized carbons (Fsp3) is 0.200. The highest BCUT2D eigenvalue weighted by atomic mass is 79.9. The molecule has 0 fully saturated rings. The standard InChI is InChI=1S/C10H7BrClFO3/c1-2-16-10(15)9(14)5-3-8(13)7(12)4-6(5)11/h3-4H,2H2,1H3. The number of carbonyl (C=O) groups is 2. The lowest BCUT2D eigenvalue weighted by Crippen LogP contribution is -2.18. The third-order valence-electron chi connectivity index (χ3n) is 1.72. The predicted molar refractivity (Wildman–Crippen MR) is 60.1 cm³/mol. The van der Waals surface area contributed by atoms with Gasteiger partial charge in [-0.05, 0) is 35.0 Å². The van der Waals surface area contributed by atoms with E-state index in [0.29, 0.717) is 0 Å². The van der Waals surface area contributed by atoms with Gasteiger partial charge in [-0.15, -0.1) is 0 Å². The summed E-state index contributed by atoms with van der Waals surface area (Å²) in [6.07, 6.45) is 0. The first-order valence-corrected chi connectivity index (χ1v) is 5.50. The van der Waals surface area contributed by atoms with Gasteiger partial charge in [-0.25, -0.2) is 9.18 Å². The zero-order valence-corrected chi connectivity index (χ0v) is 10.6. The van der Waals surface area contributed by atoms with Crippen LogP contribution in [0.15, 0.2) is 16.6 Å². The molecule has 0 radical (unpaired) electrons. The van der Waals surface area contributed by atoms with Crippen LogP contribution in [-0.2, 0) is 9.53 Å². The molecule has 1 aromatic carbocycles. The zero-order chi connectivity index (χ0) is 12.3. The summed E-state index contributed by atoms with van der Waals surface area (Å²) in [6, 6.07) is 2.11. The number of halogens is 3. The van der Waals surface area contributed by atoms with E-state index in [9.17, 15) is 14.0 Å². The Morgan fingerprint density at radius 3 is 2.69 bits per heavy atom. The second kappa shape index (κ2) is 5.41. The van der Waals surface area contributed by atoms with Crippen LogP contribution in [-0.4, -0.2) is 18.4 Å². The number of hydrogen-bond donors (Lipinski definition) is 0. The van der Waals surface area contributed by atoms with Gasteiger partial charge in [-0.3, -0.25) is 4.79 Å². The molecule has 0 saturated carbocycles. The number of Topliss-reactive ketones (excluding diaryl/α,β-unsaturated/α-hetero) is 1. The molecule has 0 N–H and O–H groups in total. The van der Waals surface area contributed by atoms with Gasteiger partial charge in [0.2, 0.25) is 0 Å². The fourth-order valence-corrected chi connectivity index (χ4v) is 1.82. The van der Waals surface area contributed by atoms with Crippen LogP contribution in [0.3, 0.4) is 0 Å². The molecule has 0 amide bonds. The van der Waals surface area contributed by atoms with E-state index in [0.717, 1.165) is 6.07 Å². The number of ether oxygens (including phenoxy) is 1. The molecule has 0 unspecified atom stereocenters.